The second kappa shape index (κ2) is 5.16. The van der Waals surface area contributed by atoms with Crippen LogP contribution in [0.25, 0.3) is 0 Å². The van der Waals surface area contributed by atoms with E-state index >= 15 is 0 Å². The van der Waals surface area contributed by atoms with Crippen LogP contribution in [-0.4, -0.2) is 9.78 Å². The first-order chi connectivity index (χ1) is 8.20. The van der Waals surface area contributed by atoms with E-state index in [-0.39, 0.29) is 6.04 Å². The van der Waals surface area contributed by atoms with Gasteiger partial charge in [0.2, 0.25) is 0 Å². The van der Waals surface area contributed by atoms with E-state index in [2.05, 4.69) is 10.5 Å². The summed E-state index contributed by atoms with van der Waals surface area (Å²) in [6.45, 7) is 1.93. The van der Waals surface area contributed by atoms with Gasteiger partial charge in [-0.05, 0) is 31.9 Å². The van der Waals surface area contributed by atoms with Crippen molar-refractivity contribution in [1.82, 2.24) is 15.2 Å². The fourth-order valence-electron chi connectivity index (χ4n) is 1.93. The van der Waals surface area contributed by atoms with Crippen molar-refractivity contribution in [2.45, 2.75) is 25.8 Å². The van der Waals surface area contributed by atoms with E-state index < -0.39 is 0 Å². The van der Waals surface area contributed by atoms with Crippen LogP contribution < -0.4 is 11.3 Å². The molecule has 0 aliphatic heterocycles. The van der Waals surface area contributed by atoms with Crippen LogP contribution in [0.1, 0.15) is 29.5 Å². The predicted octanol–water partition coefficient (Wildman–Crippen LogP) is 1.46. The number of hydrazine groups is 1. The van der Waals surface area contributed by atoms with Gasteiger partial charge in [0.05, 0.1) is 6.26 Å². The normalized spacial score (nSPS) is 12.9. The van der Waals surface area contributed by atoms with Gasteiger partial charge >= 0.3 is 0 Å². The lowest BCUT2D eigenvalue weighted by Crippen LogP contribution is -2.28. The summed E-state index contributed by atoms with van der Waals surface area (Å²) in [5.41, 5.74) is 5.11. The van der Waals surface area contributed by atoms with Gasteiger partial charge in [-0.2, -0.15) is 5.10 Å². The van der Waals surface area contributed by atoms with E-state index in [4.69, 9.17) is 10.3 Å². The SMILES string of the molecule is Cc1cc(C(CCc2ccnn2C)NN)co1. The third-order valence-electron chi connectivity index (χ3n) is 2.97. The number of hydrogen-bond donors (Lipinski definition) is 2. The van der Waals surface area contributed by atoms with E-state index in [9.17, 15) is 0 Å². The highest BCUT2D eigenvalue weighted by Crippen LogP contribution is 2.20. The molecular formula is C12H18N4O. The highest BCUT2D eigenvalue weighted by atomic mass is 16.3. The lowest BCUT2D eigenvalue weighted by molar-refractivity contribution is 0.489. The van der Waals surface area contributed by atoms with Crippen LogP contribution in [0.4, 0.5) is 0 Å². The maximum absolute atomic E-state index is 5.58. The Morgan fingerprint density at radius 3 is 2.94 bits per heavy atom. The van der Waals surface area contributed by atoms with Gasteiger partial charge in [-0.3, -0.25) is 16.0 Å². The number of furan rings is 1. The quantitative estimate of drug-likeness (QED) is 0.607. The molecule has 17 heavy (non-hydrogen) atoms. The molecule has 0 saturated carbocycles. The molecule has 2 aromatic heterocycles. The van der Waals surface area contributed by atoms with Gasteiger partial charge in [-0.15, -0.1) is 0 Å². The minimum absolute atomic E-state index is 0.113. The topological polar surface area (TPSA) is 69.0 Å². The Bertz CT molecular complexity index is 474. The molecule has 5 heteroatoms. The first-order valence-corrected chi connectivity index (χ1v) is 5.68. The molecule has 5 nitrogen and oxygen atoms in total. The standard InChI is InChI=1S/C12H18N4O/c1-9-7-10(8-17-9)12(15-13)4-3-11-5-6-14-16(11)2/h5-8,12,15H,3-4,13H2,1-2H3. The Morgan fingerprint density at radius 2 is 2.41 bits per heavy atom. The molecule has 92 valence electrons. The smallest absolute Gasteiger partial charge is 0.101 e. The van der Waals surface area contributed by atoms with Gasteiger partial charge in [0.1, 0.15) is 5.76 Å². The van der Waals surface area contributed by atoms with E-state index in [1.54, 1.807) is 6.26 Å². The van der Waals surface area contributed by atoms with Crippen LogP contribution in [0.5, 0.6) is 0 Å². The van der Waals surface area contributed by atoms with Crippen molar-refractivity contribution in [3.8, 4) is 0 Å². The summed E-state index contributed by atoms with van der Waals surface area (Å²) in [4.78, 5) is 0. The van der Waals surface area contributed by atoms with Gasteiger partial charge in [0.25, 0.3) is 0 Å². The molecule has 0 radical (unpaired) electrons. The summed E-state index contributed by atoms with van der Waals surface area (Å²) >= 11 is 0. The van der Waals surface area contributed by atoms with E-state index in [1.807, 2.05) is 37.0 Å². The van der Waals surface area contributed by atoms with E-state index in [0.717, 1.165) is 24.2 Å². The number of rotatable bonds is 5. The zero-order valence-corrected chi connectivity index (χ0v) is 10.2. The molecule has 2 rings (SSSR count). The molecule has 1 atom stereocenters. The number of aryl methyl sites for hydroxylation is 3. The predicted molar refractivity (Wildman–Crippen MR) is 65.0 cm³/mol. The summed E-state index contributed by atoms with van der Waals surface area (Å²) < 4.78 is 7.18. The van der Waals surface area contributed by atoms with Crippen molar-refractivity contribution in [1.29, 1.82) is 0 Å². The van der Waals surface area contributed by atoms with Crippen molar-refractivity contribution >= 4 is 0 Å². The Hall–Kier alpha value is -1.59. The minimum Gasteiger partial charge on any atom is -0.469 e. The molecule has 0 spiro atoms. The van der Waals surface area contributed by atoms with Gasteiger partial charge in [-0.25, -0.2) is 0 Å². The van der Waals surface area contributed by atoms with Gasteiger partial charge in [0.15, 0.2) is 0 Å². The highest BCUT2D eigenvalue weighted by molar-refractivity contribution is 5.16. The van der Waals surface area contributed by atoms with Crippen LogP contribution in [0, 0.1) is 6.92 Å². The first kappa shape index (κ1) is 11.9. The fraction of sp³-hybridized carbons (Fsp3) is 0.417. The molecule has 0 aliphatic carbocycles. The summed E-state index contributed by atoms with van der Waals surface area (Å²) in [6, 6.07) is 4.14. The van der Waals surface area contributed by atoms with Crippen molar-refractivity contribution in [2.24, 2.45) is 12.9 Å². The average molecular weight is 234 g/mol. The number of nitrogens with two attached hydrogens (primary N) is 1. The maximum atomic E-state index is 5.58. The first-order valence-electron chi connectivity index (χ1n) is 5.68. The molecule has 0 aromatic carbocycles. The third kappa shape index (κ3) is 2.75. The molecule has 2 heterocycles. The Labute approximate surface area is 101 Å². The number of nitrogens with one attached hydrogen (secondary N) is 1. The zero-order chi connectivity index (χ0) is 12.3. The number of aromatic nitrogens is 2. The monoisotopic (exact) mass is 234 g/mol. The molecule has 2 aromatic rings. The molecule has 0 bridgehead atoms. The lowest BCUT2D eigenvalue weighted by Gasteiger charge is -2.13. The van der Waals surface area contributed by atoms with Crippen LogP contribution >= 0.6 is 0 Å². The summed E-state index contributed by atoms with van der Waals surface area (Å²) in [6.07, 6.45) is 5.40. The Balaban J connectivity index is 1.99. The fourth-order valence-corrected chi connectivity index (χ4v) is 1.93. The molecule has 0 aliphatic rings. The number of hydrogen-bond acceptors (Lipinski definition) is 4. The van der Waals surface area contributed by atoms with Crippen LogP contribution in [-0.2, 0) is 13.5 Å². The Morgan fingerprint density at radius 1 is 1.59 bits per heavy atom. The third-order valence-corrected chi connectivity index (χ3v) is 2.97. The summed E-state index contributed by atoms with van der Waals surface area (Å²) in [7, 11) is 1.95. The molecule has 3 N–H and O–H groups in total. The van der Waals surface area contributed by atoms with Crippen molar-refractivity contribution in [3.05, 3.63) is 41.6 Å². The van der Waals surface area contributed by atoms with Crippen LogP contribution in [0.15, 0.2) is 29.0 Å². The average Bonchev–Trinajstić information content (AvgIpc) is 2.90. The lowest BCUT2D eigenvalue weighted by atomic mass is 10.0. The summed E-state index contributed by atoms with van der Waals surface area (Å²) in [5.74, 6) is 6.48. The van der Waals surface area contributed by atoms with Crippen LogP contribution in [0.3, 0.4) is 0 Å². The molecule has 0 amide bonds. The highest BCUT2D eigenvalue weighted by Gasteiger charge is 2.12. The van der Waals surface area contributed by atoms with E-state index in [0.29, 0.717) is 0 Å². The second-order valence-corrected chi connectivity index (χ2v) is 4.19. The van der Waals surface area contributed by atoms with Gasteiger partial charge < -0.3 is 4.42 Å². The van der Waals surface area contributed by atoms with Gasteiger partial charge in [0, 0.05) is 30.5 Å². The van der Waals surface area contributed by atoms with E-state index in [1.165, 1.54) is 5.69 Å². The second-order valence-electron chi connectivity index (χ2n) is 4.19. The molecule has 0 fully saturated rings. The minimum atomic E-state index is 0.113. The molecule has 1 unspecified atom stereocenters. The largest absolute Gasteiger partial charge is 0.469 e. The number of nitrogens with zero attached hydrogens (tertiary/aromatic N) is 2. The molecular weight excluding hydrogens is 216 g/mol. The zero-order valence-electron chi connectivity index (χ0n) is 10.2. The summed E-state index contributed by atoms with van der Waals surface area (Å²) in [5, 5.41) is 4.14. The van der Waals surface area contributed by atoms with Crippen molar-refractivity contribution in [2.75, 3.05) is 0 Å². The van der Waals surface area contributed by atoms with Crippen molar-refractivity contribution in [3.63, 3.8) is 0 Å². The van der Waals surface area contributed by atoms with Crippen LogP contribution in [0.2, 0.25) is 0 Å². The Kier molecular flexibility index (Phi) is 3.61. The molecule has 0 saturated heterocycles. The maximum Gasteiger partial charge on any atom is 0.101 e. The van der Waals surface area contributed by atoms with Gasteiger partial charge in [-0.1, -0.05) is 0 Å². The van der Waals surface area contributed by atoms with Crippen molar-refractivity contribution < 1.29 is 4.42 Å².